The molecule has 0 saturated carbocycles. The number of Topliss-reactive ketones (excluding diaryl/α,β-unsaturated/α-hetero) is 1. The maximum atomic E-state index is 12.6. The van der Waals surface area contributed by atoms with Crippen molar-refractivity contribution in [3.63, 3.8) is 0 Å². The van der Waals surface area contributed by atoms with Crippen molar-refractivity contribution >= 4 is 5.78 Å². The normalized spacial score (nSPS) is 24.7. The Kier molecular flexibility index (Phi) is 3.34. The molecule has 1 aliphatic heterocycles. The molecule has 0 spiro atoms. The van der Waals surface area contributed by atoms with Gasteiger partial charge in [0, 0.05) is 24.4 Å². The molecule has 0 N–H and O–H groups in total. The minimum absolute atomic E-state index is 0.332. The van der Waals surface area contributed by atoms with E-state index in [0.29, 0.717) is 17.6 Å². The largest absolute Gasteiger partial charge is 0.306 e. The quantitative estimate of drug-likeness (QED) is 0.792. The fraction of sp³-hybridized carbons (Fsp3) is 0.350. The van der Waals surface area contributed by atoms with E-state index >= 15 is 0 Å². The third-order valence-electron chi connectivity index (χ3n) is 5.27. The van der Waals surface area contributed by atoms with E-state index in [-0.39, 0.29) is 0 Å². The number of likely N-dealkylation sites (tertiary alicyclic amines) is 1. The Balaban J connectivity index is 1.77. The molecule has 2 nitrogen and oxygen atoms in total. The van der Waals surface area contributed by atoms with Crippen LogP contribution in [0, 0.1) is 5.92 Å². The van der Waals surface area contributed by atoms with Crippen molar-refractivity contribution in [1.29, 1.82) is 0 Å². The Morgan fingerprint density at radius 2 is 1.86 bits per heavy atom. The first-order valence-electron chi connectivity index (χ1n) is 8.13. The van der Waals surface area contributed by atoms with Crippen molar-refractivity contribution in [2.24, 2.45) is 5.92 Å². The molecule has 2 heteroatoms. The maximum absolute atomic E-state index is 12.6. The second-order valence-electron chi connectivity index (χ2n) is 6.71. The predicted molar refractivity (Wildman–Crippen MR) is 89.2 cm³/mol. The highest BCUT2D eigenvalue weighted by Gasteiger charge is 2.37. The number of ketones is 1. The summed E-state index contributed by atoms with van der Waals surface area (Å²) in [4.78, 5) is 15.0. The molecule has 2 atom stereocenters. The van der Waals surface area contributed by atoms with Crippen LogP contribution in [0.25, 0.3) is 11.1 Å². The van der Waals surface area contributed by atoms with Crippen LogP contribution >= 0.6 is 0 Å². The molecule has 1 fully saturated rings. The van der Waals surface area contributed by atoms with Gasteiger partial charge in [0.15, 0.2) is 5.78 Å². The van der Waals surface area contributed by atoms with E-state index in [0.717, 1.165) is 37.1 Å². The predicted octanol–water partition coefficient (Wildman–Crippen LogP) is 3.98. The first-order valence-corrected chi connectivity index (χ1v) is 8.13. The van der Waals surface area contributed by atoms with Gasteiger partial charge in [-0.25, -0.2) is 0 Å². The molecule has 0 amide bonds. The maximum Gasteiger partial charge on any atom is 0.163 e. The number of carbonyl (C=O) groups excluding carboxylic acids is 1. The average Bonchev–Trinajstić information content (AvgIpc) is 2.56. The highest BCUT2D eigenvalue weighted by atomic mass is 16.1. The van der Waals surface area contributed by atoms with Gasteiger partial charge in [-0.15, -0.1) is 0 Å². The minimum atomic E-state index is 0.332. The number of nitrogens with zero attached hydrogens (tertiary/aromatic N) is 1. The number of rotatable bonds is 1. The summed E-state index contributed by atoms with van der Waals surface area (Å²) in [5, 5.41) is 0. The van der Waals surface area contributed by atoms with E-state index in [2.05, 4.69) is 42.3 Å². The number of fused-ring (bicyclic) bond motifs is 3. The number of carbonyl (C=O) groups is 1. The Morgan fingerprint density at radius 3 is 2.68 bits per heavy atom. The highest BCUT2D eigenvalue weighted by molar-refractivity contribution is 6.00. The van der Waals surface area contributed by atoms with E-state index < -0.39 is 0 Å². The van der Waals surface area contributed by atoms with Gasteiger partial charge in [0.05, 0.1) is 0 Å². The standard InChI is InChI=1S/C20H21NO/c1-21-10-9-16-12-20(22)18-11-15(14-5-3-2-4-6-14)7-8-17(18)19(16)13-21/h2-8,11,16,19H,9-10,12-13H2,1H3. The monoisotopic (exact) mass is 291 g/mol. The summed E-state index contributed by atoms with van der Waals surface area (Å²) in [6.07, 6.45) is 1.87. The van der Waals surface area contributed by atoms with Crippen LogP contribution in [0.3, 0.4) is 0 Å². The first-order chi connectivity index (χ1) is 10.7. The molecule has 0 bridgehead atoms. The molecule has 2 aromatic carbocycles. The van der Waals surface area contributed by atoms with Crippen molar-refractivity contribution < 1.29 is 4.79 Å². The number of hydrogen-bond donors (Lipinski definition) is 0. The van der Waals surface area contributed by atoms with Crippen LogP contribution in [0.15, 0.2) is 48.5 Å². The first kappa shape index (κ1) is 13.7. The van der Waals surface area contributed by atoms with Gasteiger partial charge in [-0.2, -0.15) is 0 Å². The lowest BCUT2D eigenvalue weighted by Gasteiger charge is -2.40. The van der Waals surface area contributed by atoms with E-state index in [1.54, 1.807) is 0 Å². The molecule has 1 saturated heterocycles. The molecular formula is C20H21NO. The molecule has 1 aliphatic carbocycles. The van der Waals surface area contributed by atoms with Gasteiger partial charge < -0.3 is 4.90 Å². The van der Waals surface area contributed by atoms with Crippen LogP contribution < -0.4 is 0 Å². The van der Waals surface area contributed by atoms with Crippen LogP contribution in [-0.4, -0.2) is 30.8 Å². The summed E-state index contributed by atoms with van der Waals surface area (Å²) < 4.78 is 0. The average molecular weight is 291 g/mol. The van der Waals surface area contributed by atoms with Crippen LogP contribution in [0.4, 0.5) is 0 Å². The van der Waals surface area contributed by atoms with Gasteiger partial charge in [0.1, 0.15) is 0 Å². The van der Waals surface area contributed by atoms with Gasteiger partial charge >= 0.3 is 0 Å². The summed E-state index contributed by atoms with van der Waals surface area (Å²) in [7, 11) is 2.19. The van der Waals surface area contributed by atoms with E-state index in [4.69, 9.17) is 0 Å². The molecule has 1 heterocycles. The smallest absolute Gasteiger partial charge is 0.163 e. The minimum Gasteiger partial charge on any atom is -0.306 e. The second kappa shape index (κ2) is 5.36. The number of benzene rings is 2. The van der Waals surface area contributed by atoms with E-state index in [1.165, 1.54) is 11.1 Å². The Morgan fingerprint density at radius 1 is 1.05 bits per heavy atom. The van der Waals surface area contributed by atoms with Crippen molar-refractivity contribution in [1.82, 2.24) is 4.90 Å². The summed E-state index contributed by atoms with van der Waals surface area (Å²) in [6.45, 7) is 2.20. The van der Waals surface area contributed by atoms with Crippen molar-refractivity contribution in [2.75, 3.05) is 20.1 Å². The molecule has 2 aromatic rings. The Labute approximate surface area is 131 Å². The summed E-state index contributed by atoms with van der Waals surface area (Å²) in [5.74, 6) is 1.40. The molecule has 2 aliphatic rings. The van der Waals surface area contributed by atoms with Crippen LogP contribution in [-0.2, 0) is 0 Å². The van der Waals surface area contributed by atoms with Gasteiger partial charge in [-0.05, 0) is 48.7 Å². The molecule has 2 unspecified atom stereocenters. The fourth-order valence-electron chi connectivity index (χ4n) is 4.04. The SMILES string of the molecule is CN1CCC2CC(=O)c3cc(-c4ccccc4)ccc3C2C1. The van der Waals surface area contributed by atoms with Crippen molar-refractivity contribution in [3.05, 3.63) is 59.7 Å². The van der Waals surface area contributed by atoms with E-state index in [9.17, 15) is 4.79 Å². The lowest BCUT2D eigenvalue weighted by molar-refractivity contribution is 0.0887. The summed E-state index contributed by atoms with van der Waals surface area (Å²) in [5.41, 5.74) is 4.56. The zero-order valence-corrected chi connectivity index (χ0v) is 13.0. The van der Waals surface area contributed by atoms with Crippen molar-refractivity contribution in [3.8, 4) is 11.1 Å². The second-order valence-corrected chi connectivity index (χ2v) is 6.71. The molecule has 22 heavy (non-hydrogen) atoms. The molecular weight excluding hydrogens is 270 g/mol. The summed E-state index contributed by atoms with van der Waals surface area (Å²) in [6, 6.07) is 16.8. The third-order valence-corrected chi connectivity index (χ3v) is 5.27. The highest BCUT2D eigenvalue weighted by Crippen LogP contribution is 2.41. The lowest BCUT2D eigenvalue weighted by atomic mass is 9.71. The topological polar surface area (TPSA) is 20.3 Å². The fourth-order valence-corrected chi connectivity index (χ4v) is 4.04. The molecule has 112 valence electrons. The number of hydrogen-bond acceptors (Lipinski definition) is 2. The Bertz CT molecular complexity index is 707. The van der Waals surface area contributed by atoms with E-state index in [1.807, 2.05) is 18.2 Å². The van der Waals surface area contributed by atoms with Crippen LogP contribution in [0.1, 0.15) is 34.7 Å². The Hall–Kier alpha value is -1.93. The molecule has 0 radical (unpaired) electrons. The van der Waals surface area contributed by atoms with Gasteiger partial charge in [-0.3, -0.25) is 4.79 Å². The lowest BCUT2D eigenvalue weighted by Crippen LogP contribution is -2.40. The van der Waals surface area contributed by atoms with Crippen LogP contribution in [0.2, 0.25) is 0 Å². The molecule has 4 rings (SSSR count). The molecule has 0 aromatic heterocycles. The van der Waals surface area contributed by atoms with Gasteiger partial charge in [0.2, 0.25) is 0 Å². The van der Waals surface area contributed by atoms with Crippen molar-refractivity contribution in [2.45, 2.75) is 18.8 Å². The van der Waals surface area contributed by atoms with Gasteiger partial charge in [-0.1, -0.05) is 42.5 Å². The number of likely N-dealkylation sites (N-methyl/N-ethyl adjacent to an activating group) is 1. The zero-order valence-electron chi connectivity index (χ0n) is 13.0. The zero-order chi connectivity index (χ0) is 15.1. The summed E-state index contributed by atoms with van der Waals surface area (Å²) >= 11 is 0. The number of piperidine rings is 1. The van der Waals surface area contributed by atoms with Crippen LogP contribution in [0.5, 0.6) is 0 Å². The van der Waals surface area contributed by atoms with Gasteiger partial charge in [0.25, 0.3) is 0 Å². The third kappa shape index (κ3) is 2.28.